The van der Waals surface area contributed by atoms with Crippen LogP contribution >= 0.6 is 0 Å². The molecule has 0 fully saturated rings. The molecular formula is C25H22N2O. The number of hydrogen-bond donors (Lipinski definition) is 1. The summed E-state index contributed by atoms with van der Waals surface area (Å²) in [6, 6.07) is 34.2. The largest absolute Gasteiger partial charge is 0.322 e. The number of benzene rings is 4. The molecule has 0 saturated heterocycles. The van der Waals surface area contributed by atoms with Crippen LogP contribution in [0.25, 0.3) is 10.8 Å². The van der Waals surface area contributed by atoms with Crippen LogP contribution in [0, 0.1) is 0 Å². The summed E-state index contributed by atoms with van der Waals surface area (Å²) in [7, 11) is 0. The molecule has 1 N–H and O–H groups in total. The molecule has 0 heterocycles. The normalized spacial score (nSPS) is 10.6. The first-order valence-electron chi connectivity index (χ1n) is 9.40. The molecule has 28 heavy (non-hydrogen) atoms. The van der Waals surface area contributed by atoms with E-state index >= 15 is 0 Å². The lowest BCUT2D eigenvalue weighted by Gasteiger charge is -2.23. The summed E-state index contributed by atoms with van der Waals surface area (Å²) in [6.07, 6.45) is 0. The summed E-state index contributed by atoms with van der Waals surface area (Å²) in [5.41, 5.74) is 3.01. The molecule has 2 amide bonds. The van der Waals surface area contributed by atoms with Crippen molar-refractivity contribution in [3.05, 3.63) is 114 Å². The number of carbonyl (C=O) groups is 1. The second kappa shape index (κ2) is 8.40. The van der Waals surface area contributed by atoms with E-state index in [1.807, 2.05) is 95.9 Å². The van der Waals surface area contributed by atoms with Crippen LogP contribution in [0.3, 0.4) is 0 Å². The maximum atomic E-state index is 13.1. The monoisotopic (exact) mass is 366 g/mol. The number of carbonyl (C=O) groups excluding carboxylic acids is 1. The Morgan fingerprint density at radius 1 is 0.643 bits per heavy atom. The van der Waals surface area contributed by atoms with E-state index in [-0.39, 0.29) is 6.03 Å². The van der Waals surface area contributed by atoms with Crippen LogP contribution in [0.5, 0.6) is 0 Å². The highest BCUT2D eigenvalue weighted by atomic mass is 16.2. The van der Waals surface area contributed by atoms with Gasteiger partial charge in [-0.25, -0.2) is 4.79 Å². The second-order valence-electron chi connectivity index (χ2n) is 6.82. The first-order chi connectivity index (χ1) is 13.8. The third kappa shape index (κ3) is 4.38. The van der Waals surface area contributed by atoms with E-state index in [4.69, 9.17) is 0 Å². The Hall–Kier alpha value is -3.59. The lowest BCUT2D eigenvalue weighted by Crippen LogP contribution is -2.34. The average molecular weight is 366 g/mol. The number of hydrogen-bond acceptors (Lipinski definition) is 1. The summed E-state index contributed by atoms with van der Waals surface area (Å²) in [6.45, 7) is 1.10. The van der Waals surface area contributed by atoms with Gasteiger partial charge in [0.15, 0.2) is 0 Å². The molecule has 4 rings (SSSR count). The molecule has 3 nitrogen and oxygen atoms in total. The maximum absolute atomic E-state index is 13.1. The topological polar surface area (TPSA) is 32.3 Å². The fourth-order valence-corrected chi connectivity index (χ4v) is 3.28. The summed E-state index contributed by atoms with van der Waals surface area (Å²) in [4.78, 5) is 14.9. The molecule has 0 spiro atoms. The van der Waals surface area contributed by atoms with Gasteiger partial charge in [-0.2, -0.15) is 0 Å². The Morgan fingerprint density at radius 2 is 1.18 bits per heavy atom. The molecule has 0 aliphatic rings. The fourth-order valence-electron chi connectivity index (χ4n) is 3.28. The molecule has 138 valence electrons. The molecule has 3 heteroatoms. The van der Waals surface area contributed by atoms with Gasteiger partial charge in [-0.3, -0.25) is 0 Å². The van der Waals surface area contributed by atoms with Gasteiger partial charge in [-0.1, -0.05) is 91.0 Å². The smallest absolute Gasteiger partial charge is 0.316 e. The first-order valence-corrected chi connectivity index (χ1v) is 9.40. The summed E-state index contributed by atoms with van der Waals surface area (Å²) < 4.78 is 0. The highest BCUT2D eigenvalue weighted by molar-refractivity contribution is 5.93. The van der Waals surface area contributed by atoms with Gasteiger partial charge >= 0.3 is 6.03 Å². The molecule has 4 aromatic rings. The van der Waals surface area contributed by atoms with E-state index in [0.717, 1.165) is 27.6 Å². The van der Waals surface area contributed by atoms with Crippen molar-refractivity contribution in [3.63, 3.8) is 0 Å². The number of rotatable bonds is 5. The van der Waals surface area contributed by atoms with Gasteiger partial charge in [0.1, 0.15) is 0 Å². The van der Waals surface area contributed by atoms with Crippen molar-refractivity contribution >= 4 is 22.5 Å². The number of anilines is 1. The zero-order valence-electron chi connectivity index (χ0n) is 15.6. The van der Waals surface area contributed by atoms with Crippen LogP contribution in [0.15, 0.2) is 103 Å². The summed E-state index contributed by atoms with van der Waals surface area (Å²) in [5, 5.41) is 5.33. The van der Waals surface area contributed by atoms with Gasteiger partial charge in [0.2, 0.25) is 0 Å². The highest BCUT2D eigenvalue weighted by Crippen LogP contribution is 2.20. The Bertz CT molecular complexity index is 1020. The summed E-state index contributed by atoms with van der Waals surface area (Å²) in [5.74, 6) is 0. The number of nitrogens with zero attached hydrogens (tertiary/aromatic N) is 1. The Kier molecular flexibility index (Phi) is 5.34. The summed E-state index contributed by atoms with van der Waals surface area (Å²) >= 11 is 0. The van der Waals surface area contributed by atoms with Crippen molar-refractivity contribution in [2.45, 2.75) is 13.1 Å². The zero-order chi connectivity index (χ0) is 19.2. The molecule has 4 aromatic carbocycles. The highest BCUT2D eigenvalue weighted by Gasteiger charge is 2.15. The SMILES string of the molecule is O=C(Nc1ccc2ccccc2c1)N(Cc1ccccc1)Cc1ccccc1. The van der Waals surface area contributed by atoms with Gasteiger partial charge in [0, 0.05) is 18.8 Å². The number of amides is 2. The Labute approximate surface area is 165 Å². The molecule has 0 saturated carbocycles. The minimum atomic E-state index is -0.108. The van der Waals surface area contributed by atoms with Crippen molar-refractivity contribution in [1.29, 1.82) is 0 Å². The lowest BCUT2D eigenvalue weighted by molar-refractivity contribution is 0.206. The predicted molar refractivity (Wildman–Crippen MR) is 115 cm³/mol. The van der Waals surface area contributed by atoms with E-state index in [1.165, 1.54) is 0 Å². The van der Waals surface area contributed by atoms with Crippen molar-refractivity contribution in [2.24, 2.45) is 0 Å². The lowest BCUT2D eigenvalue weighted by atomic mass is 10.1. The molecule has 0 aromatic heterocycles. The fraction of sp³-hybridized carbons (Fsp3) is 0.0800. The molecule has 0 atom stereocenters. The molecular weight excluding hydrogens is 344 g/mol. The average Bonchev–Trinajstić information content (AvgIpc) is 2.75. The van der Waals surface area contributed by atoms with E-state index < -0.39 is 0 Å². The molecule has 0 unspecified atom stereocenters. The van der Waals surface area contributed by atoms with Gasteiger partial charge in [-0.05, 0) is 34.0 Å². The van der Waals surface area contributed by atoms with Crippen LogP contribution in [0.1, 0.15) is 11.1 Å². The van der Waals surface area contributed by atoms with E-state index in [1.54, 1.807) is 0 Å². The first kappa shape index (κ1) is 17.8. The van der Waals surface area contributed by atoms with Crippen molar-refractivity contribution in [3.8, 4) is 0 Å². The van der Waals surface area contributed by atoms with Crippen LogP contribution in [0.4, 0.5) is 10.5 Å². The van der Waals surface area contributed by atoms with E-state index in [0.29, 0.717) is 13.1 Å². The van der Waals surface area contributed by atoms with Gasteiger partial charge in [-0.15, -0.1) is 0 Å². The molecule has 0 bridgehead atoms. The van der Waals surface area contributed by atoms with Crippen molar-refractivity contribution < 1.29 is 4.79 Å². The number of urea groups is 1. The minimum absolute atomic E-state index is 0.108. The Balaban J connectivity index is 1.55. The predicted octanol–water partition coefficient (Wildman–Crippen LogP) is 6.07. The van der Waals surface area contributed by atoms with Crippen LogP contribution < -0.4 is 5.32 Å². The second-order valence-corrected chi connectivity index (χ2v) is 6.82. The molecule has 0 aliphatic heterocycles. The Morgan fingerprint density at radius 3 is 1.79 bits per heavy atom. The zero-order valence-corrected chi connectivity index (χ0v) is 15.6. The van der Waals surface area contributed by atoms with Gasteiger partial charge in [0.25, 0.3) is 0 Å². The van der Waals surface area contributed by atoms with Crippen molar-refractivity contribution in [1.82, 2.24) is 4.90 Å². The molecule has 0 aliphatic carbocycles. The third-order valence-electron chi connectivity index (χ3n) is 4.72. The molecule has 0 radical (unpaired) electrons. The van der Waals surface area contributed by atoms with E-state index in [9.17, 15) is 4.79 Å². The standard InChI is InChI=1S/C25H22N2O/c28-25(26-24-16-15-22-13-7-8-14-23(22)17-24)27(18-20-9-3-1-4-10-20)19-21-11-5-2-6-12-21/h1-17H,18-19H2,(H,26,28). The van der Waals surface area contributed by atoms with Crippen molar-refractivity contribution in [2.75, 3.05) is 5.32 Å². The van der Waals surface area contributed by atoms with E-state index in [2.05, 4.69) is 17.4 Å². The third-order valence-corrected chi connectivity index (χ3v) is 4.72. The maximum Gasteiger partial charge on any atom is 0.322 e. The van der Waals surface area contributed by atoms with Crippen LogP contribution in [-0.4, -0.2) is 10.9 Å². The van der Waals surface area contributed by atoms with Crippen LogP contribution in [0.2, 0.25) is 0 Å². The number of fused-ring (bicyclic) bond motifs is 1. The van der Waals surface area contributed by atoms with Gasteiger partial charge < -0.3 is 10.2 Å². The van der Waals surface area contributed by atoms with Gasteiger partial charge in [0.05, 0.1) is 0 Å². The number of nitrogens with one attached hydrogen (secondary N) is 1. The quantitative estimate of drug-likeness (QED) is 0.456. The van der Waals surface area contributed by atoms with Crippen LogP contribution in [-0.2, 0) is 13.1 Å². The minimum Gasteiger partial charge on any atom is -0.316 e.